The molecule has 0 N–H and O–H groups in total. The van der Waals surface area contributed by atoms with Crippen LogP contribution in [-0.4, -0.2) is 28.8 Å². The number of nitrogens with zero attached hydrogens (tertiary/aromatic N) is 3. The molecule has 1 aliphatic rings. The van der Waals surface area contributed by atoms with Gasteiger partial charge in [-0.1, -0.05) is 77.0 Å². The number of para-hydroxylation sites is 1. The third-order valence-electron chi connectivity index (χ3n) is 7.76. The summed E-state index contributed by atoms with van der Waals surface area (Å²) in [5.74, 6) is 0.188. The molecule has 1 atom stereocenters. The maximum absolute atomic E-state index is 14.3. The highest BCUT2D eigenvalue weighted by Crippen LogP contribution is 2.36. The van der Waals surface area contributed by atoms with E-state index < -0.39 is 12.0 Å². The number of fused-ring (bicyclic) bond motifs is 2. The first kappa shape index (κ1) is 31.3. The van der Waals surface area contributed by atoms with Gasteiger partial charge in [0.2, 0.25) is 0 Å². The Morgan fingerprint density at radius 2 is 1.84 bits per heavy atom. The number of allylic oxidation sites excluding steroid dienone is 1. The van der Waals surface area contributed by atoms with E-state index in [4.69, 9.17) is 14.5 Å². The molecule has 0 spiro atoms. The monoisotopic (exact) mass is 747 g/mol. The number of rotatable bonds is 9. The summed E-state index contributed by atoms with van der Waals surface area (Å²) in [6.07, 6.45) is 5.40. The van der Waals surface area contributed by atoms with Gasteiger partial charge in [-0.15, -0.1) is 0 Å². The number of halogens is 2. The molecule has 7 nitrogen and oxygen atoms in total. The SMILES string of the molecule is CCCC1=C(C(=O)OCC)[C@@H](c2ccc(OC)c(Br)c2)n2c(s/c(=C/c3cn(Cc4ccc(Br)cc4)c4ccccc34)c2=O)=N1. The minimum Gasteiger partial charge on any atom is -0.496 e. The van der Waals surface area contributed by atoms with Gasteiger partial charge in [0.15, 0.2) is 4.80 Å². The second-order valence-electron chi connectivity index (χ2n) is 10.7. The Kier molecular flexibility index (Phi) is 9.26. The molecule has 10 heteroatoms. The van der Waals surface area contributed by atoms with Crippen LogP contribution in [0.2, 0.25) is 0 Å². The van der Waals surface area contributed by atoms with Gasteiger partial charge in [0.25, 0.3) is 5.56 Å². The molecule has 0 amide bonds. The fraction of sp³-hybridized carbons (Fsp3) is 0.229. The van der Waals surface area contributed by atoms with Crippen LogP contribution >= 0.6 is 43.2 Å². The number of carbonyl (C=O) groups is 1. The van der Waals surface area contributed by atoms with E-state index >= 15 is 0 Å². The van der Waals surface area contributed by atoms with E-state index in [1.54, 1.807) is 18.6 Å². The molecule has 3 aromatic carbocycles. The predicted molar refractivity (Wildman–Crippen MR) is 186 cm³/mol. The lowest BCUT2D eigenvalue weighted by molar-refractivity contribution is -0.139. The standard InChI is InChI=1S/C35H31Br2N3O4S/c1-4-8-27-31(34(42)44-5-2)32(22-13-16-29(43-3)26(37)17-22)40-33(41)30(45-35(40)38-27)18-23-20-39(28-10-7-6-9-25(23)28)19-21-11-14-24(36)15-12-21/h6-7,9-18,20,32H,4-5,8,19H2,1-3H3/b30-18+/t32-/m1/s1. The van der Waals surface area contributed by atoms with Crippen LogP contribution in [0.15, 0.2) is 103 Å². The molecule has 0 unspecified atom stereocenters. The van der Waals surface area contributed by atoms with Crippen LogP contribution in [0.3, 0.4) is 0 Å². The maximum Gasteiger partial charge on any atom is 0.338 e. The van der Waals surface area contributed by atoms with Crippen molar-refractivity contribution in [2.75, 3.05) is 13.7 Å². The quantitative estimate of drug-likeness (QED) is 0.151. The number of carbonyl (C=O) groups excluding carboxylic acids is 1. The summed E-state index contributed by atoms with van der Waals surface area (Å²) < 4.78 is 17.1. The molecule has 0 saturated carbocycles. The van der Waals surface area contributed by atoms with Crippen molar-refractivity contribution in [1.29, 1.82) is 0 Å². The van der Waals surface area contributed by atoms with E-state index in [-0.39, 0.29) is 12.2 Å². The average molecular weight is 750 g/mol. The van der Waals surface area contributed by atoms with Crippen LogP contribution in [0.1, 0.15) is 49.4 Å². The van der Waals surface area contributed by atoms with Crippen molar-refractivity contribution in [3.63, 3.8) is 0 Å². The number of methoxy groups -OCH3 is 1. The van der Waals surface area contributed by atoms with Crippen molar-refractivity contribution in [3.8, 4) is 5.75 Å². The van der Waals surface area contributed by atoms with Crippen LogP contribution in [0, 0.1) is 0 Å². The summed E-state index contributed by atoms with van der Waals surface area (Å²) in [6.45, 7) is 4.73. The lowest BCUT2D eigenvalue weighted by atomic mass is 9.94. The Morgan fingerprint density at radius 1 is 1.07 bits per heavy atom. The molecule has 230 valence electrons. The van der Waals surface area contributed by atoms with Gasteiger partial charge in [0.05, 0.1) is 40.0 Å². The van der Waals surface area contributed by atoms with Crippen molar-refractivity contribution in [2.45, 2.75) is 39.3 Å². The fourth-order valence-corrected chi connectivity index (χ4v) is 7.57. The molecule has 1 aliphatic heterocycles. The van der Waals surface area contributed by atoms with Gasteiger partial charge in [0.1, 0.15) is 5.75 Å². The first-order chi connectivity index (χ1) is 21.8. The van der Waals surface area contributed by atoms with Crippen molar-refractivity contribution in [2.24, 2.45) is 4.99 Å². The van der Waals surface area contributed by atoms with E-state index in [2.05, 4.69) is 66.9 Å². The summed E-state index contributed by atoms with van der Waals surface area (Å²) in [6, 6.07) is 21.4. The van der Waals surface area contributed by atoms with E-state index in [0.29, 0.717) is 39.3 Å². The highest BCUT2D eigenvalue weighted by atomic mass is 79.9. The zero-order valence-electron chi connectivity index (χ0n) is 25.1. The minimum atomic E-state index is -0.704. The number of hydrogen-bond acceptors (Lipinski definition) is 6. The van der Waals surface area contributed by atoms with Crippen LogP contribution in [0.5, 0.6) is 5.75 Å². The summed E-state index contributed by atoms with van der Waals surface area (Å²) >= 11 is 8.45. The summed E-state index contributed by atoms with van der Waals surface area (Å²) in [4.78, 5) is 33.3. The average Bonchev–Trinajstić information content (AvgIpc) is 3.54. The lowest BCUT2D eigenvalue weighted by Gasteiger charge is -2.26. The van der Waals surface area contributed by atoms with Crippen molar-refractivity contribution in [1.82, 2.24) is 9.13 Å². The summed E-state index contributed by atoms with van der Waals surface area (Å²) in [5, 5.41) is 1.05. The van der Waals surface area contributed by atoms with Crippen molar-refractivity contribution < 1.29 is 14.3 Å². The molecular weight excluding hydrogens is 718 g/mol. The molecule has 0 aliphatic carbocycles. The predicted octanol–water partition coefficient (Wildman–Crippen LogP) is 7.12. The molecular formula is C35H31Br2N3O4S. The molecule has 3 heterocycles. The molecule has 0 fully saturated rings. The zero-order chi connectivity index (χ0) is 31.7. The lowest BCUT2D eigenvalue weighted by Crippen LogP contribution is -2.40. The minimum absolute atomic E-state index is 0.210. The topological polar surface area (TPSA) is 74.8 Å². The Morgan fingerprint density at radius 3 is 2.56 bits per heavy atom. The van der Waals surface area contributed by atoms with Gasteiger partial charge in [-0.3, -0.25) is 9.36 Å². The van der Waals surface area contributed by atoms with Crippen LogP contribution in [-0.2, 0) is 16.1 Å². The van der Waals surface area contributed by atoms with Crippen molar-refractivity contribution >= 4 is 66.1 Å². The third kappa shape index (κ3) is 6.11. The second kappa shape index (κ2) is 13.3. The Hall–Kier alpha value is -3.73. The number of esters is 1. The molecule has 0 saturated heterocycles. The van der Waals surface area contributed by atoms with Crippen LogP contribution < -0.4 is 19.6 Å². The normalized spacial score (nSPS) is 14.9. The number of benzene rings is 3. The Balaban J connectivity index is 1.54. The van der Waals surface area contributed by atoms with Crippen LogP contribution in [0.25, 0.3) is 17.0 Å². The van der Waals surface area contributed by atoms with E-state index in [1.165, 1.54) is 16.9 Å². The van der Waals surface area contributed by atoms with Crippen molar-refractivity contribution in [3.05, 3.63) is 130 Å². The van der Waals surface area contributed by atoms with Gasteiger partial charge >= 0.3 is 5.97 Å². The smallest absolute Gasteiger partial charge is 0.338 e. The number of aromatic nitrogens is 2. The molecule has 6 rings (SSSR count). The Bertz CT molecular complexity index is 2130. The molecule has 0 bridgehead atoms. The summed E-state index contributed by atoms with van der Waals surface area (Å²) in [7, 11) is 1.60. The van der Waals surface area contributed by atoms with E-state index in [0.717, 1.165) is 37.4 Å². The Labute approximate surface area is 281 Å². The molecule has 5 aromatic rings. The van der Waals surface area contributed by atoms with Gasteiger partial charge in [-0.2, -0.15) is 0 Å². The number of ether oxygens (including phenoxy) is 2. The first-order valence-electron chi connectivity index (χ1n) is 14.7. The number of hydrogen-bond donors (Lipinski definition) is 0. The second-order valence-corrected chi connectivity index (χ2v) is 13.4. The zero-order valence-corrected chi connectivity index (χ0v) is 29.0. The molecule has 2 aromatic heterocycles. The van der Waals surface area contributed by atoms with Gasteiger partial charge < -0.3 is 14.0 Å². The highest BCUT2D eigenvalue weighted by Gasteiger charge is 2.34. The van der Waals surface area contributed by atoms with E-state index in [9.17, 15) is 9.59 Å². The van der Waals surface area contributed by atoms with E-state index in [1.807, 2.05) is 55.5 Å². The summed E-state index contributed by atoms with van der Waals surface area (Å²) in [5.41, 5.74) is 4.77. The third-order valence-corrected chi connectivity index (χ3v) is 9.89. The van der Waals surface area contributed by atoms with Crippen LogP contribution in [0.4, 0.5) is 0 Å². The highest BCUT2D eigenvalue weighted by molar-refractivity contribution is 9.10. The van der Waals surface area contributed by atoms with Gasteiger partial charge in [-0.05, 0) is 76.8 Å². The largest absolute Gasteiger partial charge is 0.496 e. The molecule has 0 radical (unpaired) electrons. The number of thiazole rings is 1. The maximum atomic E-state index is 14.3. The molecule has 45 heavy (non-hydrogen) atoms. The fourth-order valence-electron chi connectivity index (χ4n) is 5.74. The van der Waals surface area contributed by atoms with Gasteiger partial charge in [-0.25, -0.2) is 9.79 Å². The first-order valence-corrected chi connectivity index (χ1v) is 17.1. The van der Waals surface area contributed by atoms with Gasteiger partial charge in [0, 0.05) is 33.7 Å².